The summed E-state index contributed by atoms with van der Waals surface area (Å²) in [6.45, 7) is 4.64. The van der Waals surface area contributed by atoms with Gasteiger partial charge in [0.25, 0.3) is 0 Å². The molecule has 1 saturated carbocycles. The molecule has 0 radical (unpaired) electrons. The first-order chi connectivity index (χ1) is 8.82. The van der Waals surface area contributed by atoms with Crippen LogP contribution < -0.4 is 5.73 Å². The molecule has 1 amide bonds. The predicted octanol–water partition coefficient (Wildman–Crippen LogP) is 1.22. The van der Waals surface area contributed by atoms with Crippen LogP contribution in [0.25, 0.3) is 0 Å². The minimum absolute atomic E-state index is 0.0140. The van der Waals surface area contributed by atoms with Crippen molar-refractivity contribution in [2.75, 3.05) is 13.1 Å². The Labute approximate surface area is 114 Å². The van der Waals surface area contributed by atoms with Gasteiger partial charge < -0.3 is 15.7 Å². The highest BCUT2D eigenvalue weighted by atomic mass is 16.4. The van der Waals surface area contributed by atoms with Gasteiger partial charge in [-0.25, -0.2) is 0 Å². The van der Waals surface area contributed by atoms with Crippen molar-refractivity contribution in [1.29, 1.82) is 0 Å². The predicted molar refractivity (Wildman–Crippen MR) is 71.5 cm³/mol. The third kappa shape index (κ3) is 2.24. The first kappa shape index (κ1) is 14.3. The Balaban J connectivity index is 2.13. The monoisotopic (exact) mass is 268 g/mol. The number of hydrogen-bond donors (Lipinski definition) is 2. The Hall–Kier alpha value is -1.10. The van der Waals surface area contributed by atoms with Crippen LogP contribution in [0.2, 0.25) is 0 Å². The molecule has 0 spiro atoms. The van der Waals surface area contributed by atoms with E-state index in [1.54, 1.807) is 4.90 Å². The summed E-state index contributed by atoms with van der Waals surface area (Å²) in [5.41, 5.74) is 4.64. The molecule has 19 heavy (non-hydrogen) atoms. The van der Waals surface area contributed by atoms with Gasteiger partial charge in [0, 0.05) is 13.1 Å². The van der Waals surface area contributed by atoms with Gasteiger partial charge in [-0.2, -0.15) is 0 Å². The van der Waals surface area contributed by atoms with Crippen molar-refractivity contribution >= 4 is 11.9 Å². The maximum Gasteiger partial charge on any atom is 0.311 e. The Morgan fingerprint density at radius 3 is 2.21 bits per heavy atom. The Bertz CT molecular complexity index is 388. The van der Waals surface area contributed by atoms with Crippen molar-refractivity contribution in [1.82, 2.24) is 4.90 Å². The molecule has 1 aliphatic heterocycles. The lowest BCUT2D eigenvalue weighted by atomic mass is 9.76. The molecule has 3 N–H and O–H groups in total. The highest BCUT2D eigenvalue weighted by Crippen LogP contribution is 2.40. The second-order valence-electron chi connectivity index (χ2n) is 6.46. The largest absolute Gasteiger partial charge is 0.481 e. The lowest BCUT2D eigenvalue weighted by Gasteiger charge is -2.32. The van der Waals surface area contributed by atoms with Crippen molar-refractivity contribution in [2.24, 2.45) is 17.1 Å². The molecule has 108 valence electrons. The van der Waals surface area contributed by atoms with Crippen LogP contribution in [0.4, 0.5) is 0 Å². The minimum atomic E-state index is -0.801. The third-order valence-electron chi connectivity index (χ3n) is 5.04. The van der Waals surface area contributed by atoms with E-state index in [0.29, 0.717) is 19.5 Å². The first-order valence-corrected chi connectivity index (χ1v) is 7.13. The van der Waals surface area contributed by atoms with Crippen LogP contribution in [-0.2, 0) is 9.59 Å². The number of carbonyl (C=O) groups excluding carboxylic acids is 1. The van der Waals surface area contributed by atoms with Crippen LogP contribution in [0.5, 0.6) is 0 Å². The van der Waals surface area contributed by atoms with E-state index in [9.17, 15) is 14.7 Å². The number of nitrogens with zero attached hydrogens (tertiary/aromatic N) is 1. The number of rotatable bonds is 3. The van der Waals surface area contributed by atoms with E-state index in [1.165, 1.54) is 0 Å². The van der Waals surface area contributed by atoms with Crippen LogP contribution >= 0.6 is 0 Å². The van der Waals surface area contributed by atoms with Crippen molar-refractivity contribution in [3.8, 4) is 0 Å². The summed E-state index contributed by atoms with van der Waals surface area (Å²) < 4.78 is 0. The summed E-state index contributed by atoms with van der Waals surface area (Å²) >= 11 is 0. The van der Waals surface area contributed by atoms with Gasteiger partial charge in [-0.3, -0.25) is 9.59 Å². The van der Waals surface area contributed by atoms with Crippen molar-refractivity contribution in [3.63, 3.8) is 0 Å². The Morgan fingerprint density at radius 1 is 1.21 bits per heavy atom. The fourth-order valence-corrected chi connectivity index (χ4v) is 3.43. The van der Waals surface area contributed by atoms with Crippen LogP contribution in [-0.4, -0.2) is 40.5 Å². The molecule has 2 aliphatic rings. The normalized spacial score (nSPS) is 30.0. The van der Waals surface area contributed by atoms with E-state index in [4.69, 9.17) is 5.73 Å². The molecule has 1 atom stereocenters. The zero-order valence-corrected chi connectivity index (χ0v) is 11.8. The second kappa shape index (κ2) is 4.78. The molecule has 0 aromatic rings. The van der Waals surface area contributed by atoms with Crippen LogP contribution in [0, 0.1) is 11.3 Å². The molecule has 5 heteroatoms. The molecule has 1 unspecified atom stereocenters. The summed E-state index contributed by atoms with van der Waals surface area (Å²) in [6.07, 6.45) is 3.96. The maximum atomic E-state index is 12.5. The molecular weight excluding hydrogens is 244 g/mol. The third-order valence-corrected chi connectivity index (χ3v) is 5.04. The molecular formula is C14H24N2O3. The van der Waals surface area contributed by atoms with Gasteiger partial charge in [-0.15, -0.1) is 0 Å². The highest BCUT2D eigenvalue weighted by molar-refractivity contribution is 5.88. The van der Waals surface area contributed by atoms with Gasteiger partial charge in [-0.1, -0.05) is 26.7 Å². The first-order valence-electron chi connectivity index (χ1n) is 7.13. The van der Waals surface area contributed by atoms with Gasteiger partial charge >= 0.3 is 5.97 Å². The zero-order valence-electron chi connectivity index (χ0n) is 11.8. The number of amides is 1. The van der Waals surface area contributed by atoms with Crippen LogP contribution in [0.1, 0.15) is 46.0 Å². The van der Waals surface area contributed by atoms with Crippen molar-refractivity contribution < 1.29 is 14.7 Å². The van der Waals surface area contributed by atoms with Gasteiger partial charge in [0.2, 0.25) is 5.91 Å². The summed E-state index contributed by atoms with van der Waals surface area (Å²) in [4.78, 5) is 25.8. The fourth-order valence-electron chi connectivity index (χ4n) is 3.43. The molecule has 0 bridgehead atoms. The maximum absolute atomic E-state index is 12.5. The van der Waals surface area contributed by atoms with E-state index >= 15 is 0 Å². The van der Waals surface area contributed by atoms with E-state index < -0.39 is 16.9 Å². The van der Waals surface area contributed by atoms with Gasteiger partial charge in [-0.05, 0) is 25.2 Å². The fraction of sp³-hybridized carbons (Fsp3) is 0.857. The average Bonchev–Trinajstić information content (AvgIpc) is 2.95. The van der Waals surface area contributed by atoms with Crippen molar-refractivity contribution in [2.45, 2.75) is 51.5 Å². The molecule has 1 saturated heterocycles. The standard InChI is InChI=1S/C14H24N2O3/c1-10(2)13(12(18)19)7-8-16(9-13)11(17)14(15)5-3-4-6-14/h10H,3-9,15H2,1-2H3,(H,18,19). The number of nitrogens with two attached hydrogens (primary N) is 1. The second-order valence-corrected chi connectivity index (χ2v) is 6.46. The van der Waals surface area contributed by atoms with E-state index in [1.807, 2.05) is 13.8 Å². The number of likely N-dealkylation sites (tertiary alicyclic amines) is 1. The SMILES string of the molecule is CC(C)C1(C(=O)O)CCN(C(=O)C2(N)CCCC2)C1. The van der Waals surface area contributed by atoms with Crippen molar-refractivity contribution in [3.05, 3.63) is 0 Å². The lowest BCUT2D eigenvalue weighted by Crippen LogP contribution is -2.54. The van der Waals surface area contributed by atoms with Gasteiger partial charge in [0.15, 0.2) is 0 Å². The molecule has 2 fully saturated rings. The van der Waals surface area contributed by atoms with Gasteiger partial charge in [0.1, 0.15) is 0 Å². The smallest absolute Gasteiger partial charge is 0.311 e. The van der Waals surface area contributed by atoms with E-state index in [-0.39, 0.29) is 11.8 Å². The topological polar surface area (TPSA) is 83.6 Å². The molecule has 2 rings (SSSR count). The lowest BCUT2D eigenvalue weighted by molar-refractivity contribution is -0.151. The number of carboxylic acid groups (broad SMARTS) is 1. The number of carbonyl (C=O) groups is 2. The molecule has 5 nitrogen and oxygen atoms in total. The summed E-state index contributed by atoms with van der Waals surface area (Å²) in [7, 11) is 0. The summed E-state index contributed by atoms with van der Waals surface area (Å²) in [6, 6.07) is 0. The summed E-state index contributed by atoms with van der Waals surface area (Å²) in [5.74, 6) is -0.829. The van der Waals surface area contributed by atoms with E-state index in [0.717, 1.165) is 25.7 Å². The summed E-state index contributed by atoms with van der Waals surface area (Å²) in [5, 5.41) is 9.49. The van der Waals surface area contributed by atoms with Gasteiger partial charge in [0.05, 0.1) is 11.0 Å². The Morgan fingerprint density at radius 2 is 1.79 bits per heavy atom. The van der Waals surface area contributed by atoms with Crippen LogP contribution in [0.3, 0.4) is 0 Å². The average molecular weight is 268 g/mol. The molecule has 1 aliphatic carbocycles. The number of hydrogen-bond acceptors (Lipinski definition) is 3. The highest BCUT2D eigenvalue weighted by Gasteiger charge is 2.51. The minimum Gasteiger partial charge on any atom is -0.481 e. The molecule has 0 aromatic carbocycles. The van der Waals surface area contributed by atoms with Crippen LogP contribution in [0.15, 0.2) is 0 Å². The molecule has 0 aromatic heterocycles. The molecule has 1 heterocycles. The quantitative estimate of drug-likeness (QED) is 0.806. The van der Waals surface area contributed by atoms with E-state index in [2.05, 4.69) is 0 Å². The number of carboxylic acids is 1. The zero-order chi connectivity index (χ0) is 14.3. The Kier molecular flexibility index (Phi) is 3.60. The number of aliphatic carboxylic acids is 1.